The number of nitrogens with one attached hydrogen (secondary N) is 1. The molecule has 3 rings (SSSR count). The molecule has 7 nitrogen and oxygen atoms in total. The van der Waals surface area contributed by atoms with Crippen LogP contribution in [0.5, 0.6) is 0 Å². The van der Waals surface area contributed by atoms with Gasteiger partial charge in [-0.25, -0.2) is 0 Å². The number of aromatic nitrogens is 5. The van der Waals surface area contributed by atoms with Gasteiger partial charge >= 0.3 is 0 Å². The van der Waals surface area contributed by atoms with Gasteiger partial charge < -0.3 is 9.84 Å². The molecule has 0 radical (unpaired) electrons. The lowest BCUT2D eigenvalue weighted by Gasteiger charge is -2.05. The molecule has 7 heteroatoms. The number of hydrogen-bond donors (Lipinski definition) is 1. The van der Waals surface area contributed by atoms with Crippen molar-refractivity contribution in [2.24, 2.45) is 14.1 Å². The molecule has 0 aliphatic rings. The van der Waals surface area contributed by atoms with Gasteiger partial charge in [-0.2, -0.15) is 10.2 Å². The fourth-order valence-electron chi connectivity index (χ4n) is 2.50. The Hall–Kier alpha value is -2.57. The summed E-state index contributed by atoms with van der Waals surface area (Å²) in [5.41, 5.74) is 4.96. The van der Waals surface area contributed by atoms with Crippen LogP contribution in [-0.2, 0) is 27.1 Å². The van der Waals surface area contributed by atoms with Crippen LogP contribution >= 0.6 is 0 Å². The van der Waals surface area contributed by atoms with E-state index in [1.165, 1.54) is 0 Å². The normalized spacial score (nSPS) is 11.1. The van der Waals surface area contributed by atoms with Gasteiger partial charge in [0.15, 0.2) is 0 Å². The van der Waals surface area contributed by atoms with Gasteiger partial charge in [-0.1, -0.05) is 12.1 Å². The van der Waals surface area contributed by atoms with E-state index in [9.17, 15) is 0 Å². The maximum Gasteiger partial charge on any atom is 0.138 e. The van der Waals surface area contributed by atoms with E-state index in [0.29, 0.717) is 6.54 Å². The summed E-state index contributed by atoms with van der Waals surface area (Å²) < 4.78 is 8.84. The molecule has 116 valence electrons. The first-order chi connectivity index (χ1) is 10.6. The molecular formula is C15H20N6O. The predicted octanol–water partition coefficient (Wildman–Crippen LogP) is 2.29. The summed E-state index contributed by atoms with van der Waals surface area (Å²) in [6.07, 6.45) is 6.60. The van der Waals surface area contributed by atoms with Gasteiger partial charge in [0.25, 0.3) is 0 Å². The number of hydrogen-bond acceptors (Lipinski definition) is 5. The summed E-state index contributed by atoms with van der Waals surface area (Å²) in [5.74, 6) is 0.858. The molecule has 0 aliphatic heterocycles. The van der Waals surface area contributed by atoms with Crippen LogP contribution in [0.15, 0.2) is 23.1 Å². The Labute approximate surface area is 128 Å². The topological polar surface area (TPSA) is 73.7 Å². The molecule has 0 spiro atoms. The van der Waals surface area contributed by atoms with Crippen molar-refractivity contribution in [3.05, 3.63) is 35.6 Å². The van der Waals surface area contributed by atoms with Gasteiger partial charge in [0.2, 0.25) is 0 Å². The average molecular weight is 300 g/mol. The summed E-state index contributed by atoms with van der Waals surface area (Å²) in [7, 11) is 3.81. The molecule has 3 aromatic heterocycles. The van der Waals surface area contributed by atoms with E-state index in [1.807, 2.05) is 39.6 Å². The van der Waals surface area contributed by atoms with Crippen molar-refractivity contribution in [3.8, 4) is 11.3 Å². The van der Waals surface area contributed by atoms with Gasteiger partial charge in [0, 0.05) is 44.2 Å². The molecule has 0 fully saturated rings. The fourth-order valence-corrected chi connectivity index (χ4v) is 2.50. The minimum Gasteiger partial charge on any atom is -0.378 e. The molecular weight excluding hydrogens is 280 g/mol. The first kappa shape index (κ1) is 14.4. The largest absolute Gasteiger partial charge is 0.378 e. The van der Waals surface area contributed by atoms with Crippen LogP contribution in [0.3, 0.4) is 0 Å². The Bertz CT molecular complexity index is 782. The van der Waals surface area contributed by atoms with Crippen LogP contribution in [-0.4, -0.2) is 24.7 Å². The third-order valence-electron chi connectivity index (χ3n) is 3.66. The van der Waals surface area contributed by atoms with Crippen LogP contribution in [0, 0.1) is 6.92 Å². The summed E-state index contributed by atoms with van der Waals surface area (Å²) in [6.45, 7) is 4.68. The highest BCUT2D eigenvalue weighted by Gasteiger charge is 2.15. The second-order valence-corrected chi connectivity index (χ2v) is 5.34. The first-order valence-electron chi connectivity index (χ1n) is 7.29. The summed E-state index contributed by atoms with van der Waals surface area (Å²) >= 11 is 0. The highest BCUT2D eigenvalue weighted by molar-refractivity contribution is 5.72. The summed E-state index contributed by atoms with van der Waals surface area (Å²) in [6, 6.07) is 0. The average Bonchev–Trinajstić information content (AvgIpc) is 3.16. The Morgan fingerprint density at radius 2 is 2.05 bits per heavy atom. The molecule has 0 saturated carbocycles. The number of anilines is 1. The van der Waals surface area contributed by atoms with Crippen molar-refractivity contribution in [3.63, 3.8) is 0 Å². The maximum absolute atomic E-state index is 5.27. The lowest BCUT2D eigenvalue weighted by Crippen LogP contribution is -2.02. The van der Waals surface area contributed by atoms with E-state index < -0.39 is 0 Å². The van der Waals surface area contributed by atoms with E-state index in [-0.39, 0.29) is 0 Å². The molecule has 3 heterocycles. The van der Waals surface area contributed by atoms with E-state index in [2.05, 4.69) is 27.6 Å². The predicted molar refractivity (Wildman–Crippen MR) is 83.4 cm³/mol. The number of aryl methyl sites for hydroxylation is 4. The highest BCUT2D eigenvalue weighted by Crippen LogP contribution is 2.26. The monoisotopic (exact) mass is 300 g/mol. The van der Waals surface area contributed by atoms with Crippen LogP contribution in [0.1, 0.15) is 23.9 Å². The second kappa shape index (κ2) is 5.67. The molecule has 3 aromatic rings. The molecule has 0 aliphatic carbocycles. The van der Waals surface area contributed by atoms with Crippen molar-refractivity contribution < 1.29 is 4.52 Å². The van der Waals surface area contributed by atoms with Crippen LogP contribution in [0.4, 0.5) is 5.69 Å². The van der Waals surface area contributed by atoms with Gasteiger partial charge in [0.1, 0.15) is 11.5 Å². The molecule has 1 N–H and O–H groups in total. The molecule has 22 heavy (non-hydrogen) atoms. The van der Waals surface area contributed by atoms with Crippen molar-refractivity contribution >= 4 is 5.69 Å². The fraction of sp³-hybridized carbons (Fsp3) is 0.400. The smallest absolute Gasteiger partial charge is 0.138 e. The second-order valence-electron chi connectivity index (χ2n) is 5.34. The Kier molecular flexibility index (Phi) is 3.70. The van der Waals surface area contributed by atoms with Gasteiger partial charge in [-0.3, -0.25) is 9.36 Å². The highest BCUT2D eigenvalue weighted by atomic mass is 16.5. The molecule has 0 bridgehead atoms. The quantitative estimate of drug-likeness (QED) is 0.782. The molecule has 0 saturated heterocycles. The standard InChI is InChI=1S/C15H20N6O/c1-5-13-12(10(2)22-19-13)7-16-14-9-21(4)18-15(14)11-6-17-20(3)8-11/h6,8-9,16H,5,7H2,1-4H3. The molecule has 0 atom stereocenters. The Morgan fingerprint density at radius 3 is 2.73 bits per heavy atom. The van der Waals surface area contributed by atoms with Gasteiger partial charge in [-0.15, -0.1) is 0 Å². The lowest BCUT2D eigenvalue weighted by molar-refractivity contribution is 0.390. The Morgan fingerprint density at radius 1 is 1.23 bits per heavy atom. The van der Waals surface area contributed by atoms with E-state index in [1.54, 1.807) is 9.36 Å². The minimum atomic E-state index is 0.664. The lowest BCUT2D eigenvalue weighted by atomic mass is 10.1. The SMILES string of the molecule is CCc1noc(C)c1CNc1cn(C)nc1-c1cnn(C)c1. The zero-order chi connectivity index (χ0) is 15.7. The van der Waals surface area contributed by atoms with Crippen LogP contribution < -0.4 is 5.32 Å². The summed E-state index contributed by atoms with van der Waals surface area (Å²) in [5, 5.41) is 16.3. The number of nitrogens with zero attached hydrogens (tertiary/aromatic N) is 5. The van der Waals surface area contributed by atoms with Gasteiger partial charge in [0.05, 0.1) is 17.6 Å². The maximum atomic E-state index is 5.27. The molecule has 0 aromatic carbocycles. The third kappa shape index (κ3) is 2.61. The van der Waals surface area contributed by atoms with E-state index in [4.69, 9.17) is 4.52 Å². The third-order valence-corrected chi connectivity index (χ3v) is 3.66. The van der Waals surface area contributed by atoms with Crippen LogP contribution in [0.2, 0.25) is 0 Å². The minimum absolute atomic E-state index is 0.664. The van der Waals surface area contributed by atoms with Crippen molar-refractivity contribution in [1.82, 2.24) is 24.7 Å². The number of rotatable bonds is 5. The van der Waals surface area contributed by atoms with Crippen molar-refractivity contribution in [2.75, 3.05) is 5.32 Å². The Balaban J connectivity index is 1.85. The molecule has 0 amide bonds. The zero-order valence-corrected chi connectivity index (χ0v) is 13.3. The first-order valence-corrected chi connectivity index (χ1v) is 7.29. The van der Waals surface area contributed by atoms with Crippen molar-refractivity contribution in [2.45, 2.75) is 26.8 Å². The zero-order valence-electron chi connectivity index (χ0n) is 13.3. The molecule has 0 unspecified atom stereocenters. The van der Waals surface area contributed by atoms with Crippen molar-refractivity contribution in [1.29, 1.82) is 0 Å². The van der Waals surface area contributed by atoms with Gasteiger partial charge in [-0.05, 0) is 13.3 Å². The van der Waals surface area contributed by atoms with E-state index in [0.717, 1.165) is 40.4 Å². The van der Waals surface area contributed by atoms with Crippen LogP contribution in [0.25, 0.3) is 11.3 Å². The van der Waals surface area contributed by atoms with E-state index >= 15 is 0 Å². The summed E-state index contributed by atoms with van der Waals surface area (Å²) in [4.78, 5) is 0.